The number of aromatic nitrogens is 3. The molecule has 1 aromatic carbocycles. The molecule has 4 heteroatoms. The van der Waals surface area contributed by atoms with Crippen LogP contribution in [0.1, 0.15) is 5.56 Å². The fraction of sp³-hybridized carbons (Fsp3) is 0.0833. The molecule has 2 rings (SSSR count). The molecule has 0 saturated heterocycles. The normalized spacial score (nSPS) is 8.56. The maximum Gasteiger partial charge on any atom is 0.119 e. The number of hydrogen-bond donors (Lipinski definition) is 0. The Balaban J connectivity index is 0.000000181. The van der Waals surface area contributed by atoms with Crippen LogP contribution in [0.2, 0.25) is 0 Å². The molecule has 0 aliphatic rings. The largest absolute Gasteiger partial charge is 0.497 e. The summed E-state index contributed by atoms with van der Waals surface area (Å²) in [4.78, 5) is 10.7. The van der Waals surface area contributed by atoms with Crippen molar-refractivity contribution < 1.29 is 4.74 Å². The van der Waals surface area contributed by atoms with Crippen LogP contribution in [-0.4, -0.2) is 22.1 Å². The number of benzene rings is 1. The lowest BCUT2D eigenvalue weighted by Gasteiger charge is -1.97. The zero-order chi connectivity index (χ0) is 11.6. The van der Waals surface area contributed by atoms with Crippen molar-refractivity contribution in [2.75, 3.05) is 7.11 Å². The van der Waals surface area contributed by atoms with Gasteiger partial charge < -0.3 is 4.74 Å². The van der Waals surface area contributed by atoms with Gasteiger partial charge in [-0.05, 0) is 17.7 Å². The molecule has 82 valence electrons. The molecule has 0 saturated carbocycles. The number of methoxy groups -OCH3 is 1. The molecule has 0 aliphatic carbocycles. The Morgan fingerprint density at radius 1 is 1.00 bits per heavy atom. The molecular weight excluding hydrogens is 202 g/mol. The van der Waals surface area contributed by atoms with Gasteiger partial charge in [-0.3, -0.25) is 0 Å². The lowest BCUT2D eigenvalue weighted by atomic mass is 10.2. The Kier molecular flexibility index (Phi) is 5.27. The Hall–Kier alpha value is -2.23. The van der Waals surface area contributed by atoms with E-state index in [-0.39, 0.29) is 0 Å². The molecule has 0 N–H and O–H groups in total. The predicted octanol–water partition coefficient (Wildman–Crippen LogP) is 2.21. The highest BCUT2D eigenvalue weighted by molar-refractivity contribution is 5.48. The van der Waals surface area contributed by atoms with Crippen LogP contribution in [-0.2, 0) is 0 Å². The molecular formula is C12H13N3O. The van der Waals surface area contributed by atoms with Gasteiger partial charge in [0.15, 0.2) is 0 Å². The maximum absolute atomic E-state index is 4.98. The van der Waals surface area contributed by atoms with Crippen LogP contribution in [0.3, 0.4) is 0 Å². The van der Waals surface area contributed by atoms with Gasteiger partial charge in [0.05, 0.1) is 7.11 Å². The van der Waals surface area contributed by atoms with E-state index in [9.17, 15) is 0 Å². The Morgan fingerprint density at radius 3 is 1.81 bits per heavy atom. The van der Waals surface area contributed by atoms with Crippen LogP contribution in [0.4, 0.5) is 0 Å². The average Bonchev–Trinajstić information content (AvgIpc) is 2.41. The van der Waals surface area contributed by atoms with E-state index in [1.165, 1.54) is 19.0 Å². The van der Waals surface area contributed by atoms with E-state index in [0.717, 1.165) is 11.3 Å². The number of ether oxygens (including phenoxy) is 1. The molecule has 0 amide bonds. The zero-order valence-electron chi connectivity index (χ0n) is 9.08. The standard InChI is InChI=1S/C9H10O.C3H3N3/c1-3-8-4-6-9(10-2)7-5-8;1-4-2-6-3-5-1/h3-7H,1H2,2H3;1-3H. The van der Waals surface area contributed by atoms with Gasteiger partial charge in [-0.15, -0.1) is 0 Å². The van der Waals surface area contributed by atoms with E-state index >= 15 is 0 Å². The summed E-state index contributed by atoms with van der Waals surface area (Å²) in [5, 5.41) is 0. The molecule has 0 atom stereocenters. The van der Waals surface area contributed by atoms with Crippen molar-refractivity contribution in [3.05, 3.63) is 55.4 Å². The molecule has 0 fully saturated rings. The van der Waals surface area contributed by atoms with Crippen molar-refractivity contribution in [3.63, 3.8) is 0 Å². The summed E-state index contributed by atoms with van der Waals surface area (Å²) in [6.45, 7) is 3.65. The van der Waals surface area contributed by atoms with Crippen LogP contribution in [0.5, 0.6) is 5.75 Å². The summed E-state index contributed by atoms with van der Waals surface area (Å²) in [6, 6.07) is 7.76. The van der Waals surface area contributed by atoms with E-state index in [2.05, 4.69) is 21.5 Å². The van der Waals surface area contributed by atoms with Crippen LogP contribution in [0.15, 0.2) is 49.8 Å². The molecule has 16 heavy (non-hydrogen) atoms. The van der Waals surface area contributed by atoms with Crippen molar-refractivity contribution in [1.82, 2.24) is 15.0 Å². The minimum Gasteiger partial charge on any atom is -0.497 e. The van der Waals surface area contributed by atoms with Gasteiger partial charge in [0.1, 0.15) is 24.7 Å². The maximum atomic E-state index is 4.98. The third kappa shape index (κ3) is 4.32. The quantitative estimate of drug-likeness (QED) is 0.770. The van der Waals surface area contributed by atoms with Gasteiger partial charge in [0.2, 0.25) is 0 Å². The second-order valence-electron chi connectivity index (χ2n) is 2.77. The molecule has 4 nitrogen and oxygen atoms in total. The van der Waals surface area contributed by atoms with Crippen molar-refractivity contribution in [1.29, 1.82) is 0 Å². The predicted molar refractivity (Wildman–Crippen MR) is 62.9 cm³/mol. The molecule has 0 aliphatic heterocycles. The molecule has 1 aromatic heterocycles. The SMILES string of the molecule is C=Cc1ccc(OC)cc1.c1ncncn1. The minimum atomic E-state index is 0.880. The third-order valence-electron chi connectivity index (χ3n) is 1.75. The topological polar surface area (TPSA) is 47.9 Å². The van der Waals surface area contributed by atoms with E-state index in [4.69, 9.17) is 4.74 Å². The van der Waals surface area contributed by atoms with E-state index < -0.39 is 0 Å². The van der Waals surface area contributed by atoms with Gasteiger partial charge in [-0.1, -0.05) is 24.8 Å². The first-order valence-corrected chi connectivity index (χ1v) is 4.68. The number of nitrogens with zero attached hydrogens (tertiary/aromatic N) is 3. The molecule has 0 unspecified atom stereocenters. The fourth-order valence-corrected chi connectivity index (χ4v) is 0.945. The first-order valence-electron chi connectivity index (χ1n) is 4.68. The zero-order valence-corrected chi connectivity index (χ0v) is 9.08. The van der Waals surface area contributed by atoms with Crippen molar-refractivity contribution in [3.8, 4) is 5.75 Å². The highest BCUT2D eigenvalue weighted by Crippen LogP contribution is 2.11. The second kappa shape index (κ2) is 7.11. The van der Waals surface area contributed by atoms with E-state index in [1.54, 1.807) is 13.2 Å². The van der Waals surface area contributed by atoms with Gasteiger partial charge in [-0.2, -0.15) is 0 Å². The van der Waals surface area contributed by atoms with Crippen LogP contribution < -0.4 is 4.74 Å². The van der Waals surface area contributed by atoms with Crippen molar-refractivity contribution in [2.24, 2.45) is 0 Å². The Labute approximate surface area is 94.7 Å². The summed E-state index contributed by atoms with van der Waals surface area (Å²) in [5.41, 5.74) is 1.11. The van der Waals surface area contributed by atoms with E-state index in [0.29, 0.717) is 0 Å². The lowest BCUT2D eigenvalue weighted by molar-refractivity contribution is 0.415. The highest BCUT2D eigenvalue weighted by Gasteiger charge is 1.87. The van der Waals surface area contributed by atoms with Gasteiger partial charge in [0.25, 0.3) is 0 Å². The number of hydrogen-bond acceptors (Lipinski definition) is 4. The first kappa shape index (κ1) is 11.8. The molecule has 1 heterocycles. The molecule has 0 bridgehead atoms. The van der Waals surface area contributed by atoms with Gasteiger partial charge in [0, 0.05) is 0 Å². The minimum absolute atomic E-state index is 0.880. The van der Waals surface area contributed by atoms with Gasteiger partial charge >= 0.3 is 0 Å². The molecule has 0 spiro atoms. The van der Waals surface area contributed by atoms with Crippen LogP contribution in [0, 0.1) is 0 Å². The van der Waals surface area contributed by atoms with Crippen molar-refractivity contribution >= 4 is 6.08 Å². The third-order valence-corrected chi connectivity index (χ3v) is 1.75. The van der Waals surface area contributed by atoms with Crippen LogP contribution in [0.25, 0.3) is 6.08 Å². The van der Waals surface area contributed by atoms with Crippen LogP contribution >= 0.6 is 0 Å². The highest BCUT2D eigenvalue weighted by atomic mass is 16.5. The van der Waals surface area contributed by atoms with E-state index in [1.807, 2.05) is 24.3 Å². The Morgan fingerprint density at radius 2 is 1.50 bits per heavy atom. The summed E-state index contributed by atoms with van der Waals surface area (Å²) in [5.74, 6) is 0.880. The Bertz CT molecular complexity index is 374. The van der Waals surface area contributed by atoms with Gasteiger partial charge in [-0.25, -0.2) is 15.0 Å². The summed E-state index contributed by atoms with van der Waals surface area (Å²) in [6.07, 6.45) is 6.12. The fourth-order valence-electron chi connectivity index (χ4n) is 0.945. The lowest BCUT2D eigenvalue weighted by Crippen LogP contribution is -1.80. The summed E-state index contributed by atoms with van der Waals surface area (Å²) < 4.78 is 4.98. The first-order chi connectivity index (χ1) is 7.86. The smallest absolute Gasteiger partial charge is 0.119 e. The monoisotopic (exact) mass is 215 g/mol. The second-order valence-corrected chi connectivity index (χ2v) is 2.77. The number of rotatable bonds is 2. The average molecular weight is 215 g/mol. The molecule has 2 aromatic rings. The molecule has 0 radical (unpaired) electrons. The van der Waals surface area contributed by atoms with Crippen molar-refractivity contribution in [2.45, 2.75) is 0 Å². The summed E-state index contributed by atoms with van der Waals surface area (Å²) >= 11 is 0. The summed E-state index contributed by atoms with van der Waals surface area (Å²) in [7, 11) is 1.66.